The number of ether oxygens (including phenoxy) is 9. The highest BCUT2D eigenvalue weighted by atomic mass is 16.7. The summed E-state index contributed by atoms with van der Waals surface area (Å²) in [6.07, 6.45) is -18.9. The van der Waals surface area contributed by atoms with Crippen molar-refractivity contribution in [2.75, 3.05) is 20.3 Å². The number of rotatable bonds is 24. The summed E-state index contributed by atoms with van der Waals surface area (Å²) in [5, 5.41) is 81.3. The van der Waals surface area contributed by atoms with Crippen LogP contribution >= 0.6 is 0 Å². The number of carbonyl (C=O) groups is 12. The number of Topliss-reactive ketones (excluding diaryl/α,β-unsaturated/α-hetero) is 2. The van der Waals surface area contributed by atoms with Crippen LogP contribution in [-0.2, 0) is 82.7 Å². The van der Waals surface area contributed by atoms with E-state index >= 15 is 4.79 Å². The molecule has 12 rings (SSSR count). The summed E-state index contributed by atoms with van der Waals surface area (Å²) >= 11 is 0. The second kappa shape index (κ2) is 32.1. The van der Waals surface area contributed by atoms with Crippen molar-refractivity contribution in [2.24, 2.45) is 16.7 Å². The van der Waals surface area contributed by atoms with Crippen LogP contribution in [0.4, 0.5) is 0 Å². The Morgan fingerprint density at radius 2 is 1.34 bits per heavy atom. The Morgan fingerprint density at radius 1 is 0.699 bits per heavy atom. The van der Waals surface area contributed by atoms with Gasteiger partial charge in [0.15, 0.2) is 41.4 Å². The first kappa shape index (κ1) is 81.9. The number of fused-ring (bicyclic) bond motifs is 8. The van der Waals surface area contributed by atoms with Gasteiger partial charge in [-0.25, -0.2) is 9.59 Å². The van der Waals surface area contributed by atoms with Crippen molar-refractivity contribution in [1.82, 2.24) is 16.0 Å². The number of methoxy groups -OCH3 is 1. The molecule has 5 aromatic rings. The number of aliphatic hydroxyl groups excluding tert-OH is 2. The highest BCUT2D eigenvalue weighted by molar-refractivity contribution is 6.31. The molecule has 2 saturated heterocycles. The normalized spacial score (nSPS) is 29.0. The first-order valence-electron chi connectivity index (χ1n) is 37.4. The highest BCUT2D eigenvalue weighted by Crippen LogP contribution is 2.65. The monoisotopic (exact) mass is 1560 g/mol. The van der Waals surface area contributed by atoms with Crippen molar-refractivity contribution in [2.45, 2.75) is 210 Å². The first-order chi connectivity index (χ1) is 53.5. The van der Waals surface area contributed by atoms with Gasteiger partial charge in [0.25, 0.3) is 5.91 Å². The lowest BCUT2D eigenvalue weighted by molar-refractivity contribution is -0.346. The predicted octanol–water partition coefficient (Wildman–Crippen LogP) is 5.55. The molecule has 9 N–H and O–H groups in total. The minimum Gasteiger partial charge on any atom is -0.507 e. The Labute approximate surface area is 649 Å². The Hall–Kier alpha value is -10.6. The van der Waals surface area contributed by atoms with Gasteiger partial charge in [-0.05, 0) is 87.6 Å². The average molecular weight is 1560 g/mol. The minimum absolute atomic E-state index is 0.0254. The van der Waals surface area contributed by atoms with Gasteiger partial charge in [0.05, 0.1) is 78.0 Å². The Balaban J connectivity index is 0.737. The highest BCUT2D eigenvalue weighted by Gasteiger charge is 2.79. The van der Waals surface area contributed by atoms with Crippen LogP contribution in [0.5, 0.6) is 17.2 Å². The molecule has 113 heavy (non-hydrogen) atoms. The maximum atomic E-state index is 16.5. The molecule has 30 nitrogen and oxygen atoms in total. The quantitative estimate of drug-likeness (QED) is 0.0118. The number of benzene rings is 5. The number of aliphatic hydroxyl groups is 4. The van der Waals surface area contributed by atoms with Gasteiger partial charge in [-0.3, -0.25) is 47.9 Å². The van der Waals surface area contributed by atoms with E-state index in [1.54, 1.807) is 66.7 Å². The van der Waals surface area contributed by atoms with Gasteiger partial charge in [0.2, 0.25) is 17.6 Å². The zero-order valence-corrected chi connectivity index (χ0v) is 63.6. The van der Waals surface area contributed by atoms with Crippen molar-refractivity contribution < 1.29 is 131 Å². The molecule has 17 atom stereocenters. The summed E-state index contributed by atoms with van der Waals surface area (Å²) in [5.74, 6) is -13.7. The van der Waals surface area contributed by atoms with Crippen molar-refractivity contribution >= 4 is 70.7 Å². The third kappa shape index (κ3) is 15.1. The molecular weight excluding hydrogens is 1470 g/mol. The zero-order valence-electron chi connectivity index (χ0n) is 63.6. The number of esters is 5. The molecule has 5 unspecified atom stereocenters. The molecule has 2 bridgehead atoms. The Kier molecular flexibility index (Phi) is 23.3. The molecule has 5 aromatic carbocycles. The number of ketones is 4. The molecule has 2 heterocycles. The number of amides is 3. The fourth-order valence-electron chi connectivity index (χ4n) is 17.6. The molecule has 2 aliphatic heterocycles. The standard InChI is InChI=1S/C83H91N3O27/c1-40-52(110-78(102)71(98)65(45-22-13-10-14-23-45)86-76(100)46-24-15-11-16-25-46)38-83(104)75(112-77(101)47-26-17-12-18-27-47)73-80(8,74(99)72(108-43(4)88)64(40)79(83,6)7)54(35-55-82(73,39-106-55)113-44(5)89)111-58(92)32-33-84-56(90)30-19-20-31-57(91)85-50-34-59(107-41(2)66(50)93)109-53-37-81(103,42(3)87)36-49-61(53)70(97)63-62(68(49)95)67(94)48-28-21-29-51(105-9)60(48)69(63)96/h10-18,21-29,41,50,52-55,59,65-66,71-73,75,93,95,97-98,103-104H,19-20,30-39H2,1-9H3,(H,84,90)(H,85,91)(H,86,100)/t41?,50?,52-,53+,54-,55+,59?,65-,66?,71+,72+,73?,75-,80+,81+,82-,83+/m1/s1. The molecule has 3 amide bonds. The molecule has 0 spiro atoms. The van der Waals surface area contributed by atoms with E-state index in [2.05, 4.69) is 16.0 Å². The molecule has 30 heteroatoms. The maximum Gasteiger partial charge on any atom is 0.338 e. The Bertz CT molecular complexity index is 4680. The van der Waals surface area contributed by atoms with E-state index in [-0.39, 0.29) is 95.3 Å². The zero-order chi connectivity index (χ0) is 81.7. The van der Waals surface area contributed by atoms with Crippen LogP contribution in [0, 0.1) is 16.7 Å². The van der Waals surface area contributed by atoms with Gasteiger partial charge >= 0.3 is 29.8 Å². The lowest BCUT2D eigenvalue weighted by Crippen LogP contribution is -2.82. The summed E-state index contributed by atoms with van der Waals surface area (Å²) in [6.45, 7) is 9.71. The van der Waals surface area contributed by atoms with Gasteiger partial charge < -0.3 is 89.2 Å². The van der Waals surface area contributed by atoms with Crippen molar-refractivity contribution in [3.05, 3.63) is 170 Å². The smallest absolute Gasteiger partial charge is 0.338 e. The van der Waals surface area contributed by atoms with Crippen LogP contribution in [0.2, 0.25) is 0 Å². The van der Waals surface area contributed by atoms with E-state index in [1.807, 2.05) is 0 Å². The number of phenols is 2. The molecule has 0 aromatic heterocycles. The number of hydrogen-bond acceptors (Lipinski definition) is 27. The third-order valence-corrected chi connectivity index (χ3v) is 23.5. The fraction of sp³-hybridized carbons (Fsp3) is 0.470. The van der Waals surface area contributed by atoms with E-state index in [0.717, 1.165) is 20.8 Å². The van der Waals surface area contributed by atoms with E-state index in [0.29, 0.717) is 5.56 Å². The molecular formula is C83H91N3O27. The van der Waals surface area contributed by atoms with Crippen LogP contribution in [0.1, 0.15) is 195 Å². The summed E-state index contributed by atoms with van der Waals surface area (Å²) in [7, 11) is 1.29. The first-order valence-corrected chi connectivity index (χ1v) is 37.4. The molecule has 7 aliphatic rings. The summed E-state index contributed by atoms with van der Waals surface area (Å²) in [4.78, 5) is 170. The second-order valence-electron chi connectivity index (χ2n) is 30.8. The number of nitrogens with one attached hydrogen (secondary N) is 3. The maximum absolute atomic E-state index is 16.5. The Morgan fingerprint density at radius 3 is 1.96 bits per heavy atom. The van der Waals surface area contributed by atoms with Crippen molar-refractivity contribution in [3.63, 3.8) is 0 Å². The van der Waals surface area contributed by atoms with Gasteiger partial charge in [-0.15, -0.1) is 0 Å². The van der Waals surface area contributed by atoms with Crippen LogP contribution in [0.25, 0.3) is 0 Å². The van der Waals surface area contributed by atoms with E-state index < -0.39 is 232 Å². The lowest BCUT2D eigenvalue weighted by Gasteiger charge is -2.67. The average Bonchev–Trinajstić information content (AvgIpc) is 0.666. The number of aromatic hydroxyl groups is 2. The van der Waals surface area contributed by atoms with Gasteiger partial charge in [-0.2, -0.15) is 0 Å². The summed E-state index contributed by atoms with van der Waals surface area (Å²) in [5.41, 5.74) is -12.4. The van der Waals surface area contributed by atoms with Crippen LogP contribution in [0.3, 0.4) is 0 Å². The van der Waals surface area contributed by atoms with Gasteiger partial charge in [0.1, 0.15) is 59.0 Å². The van der Waals surface area contributed by atoms with Crippen LogP contribution in [-0.4, -0.2) is 200 Å². The summed E-state index contributed by atoms with van der Waals surface area (Å²) < 4.78 is 55.3. The van der Waals surface area contributed by atoms with Gasteiger partial charge in [0, 0.05) is 93.0 Å². The van der Waals surface area contributed by atoms with Crippen molar-refractivity contribution in [3.8, 4) is 17.2 Å². The largest absolute Gasteiger partial charge is 0.507 e. The molecule has 600 valence electrons. The minimum atomic E-state index is -2.60. The predicted molar refractivity (Wildman–Crippen MR) is 392 cm³/mol. The number of hydrogen-bond donors (Lipinski definition) is 9. The van der Waals surface area contributed by atoms with Crippen LogP contribution < -0.4 is 20.7 Å². The molecule has 4 fully saturated rings. The molecule has 5 aliphatic carbocycles. The van der Waals surface area contributed by atoms with E-state index in [1.165, 1.54) is 84.2 Å². The summed E-state index contributed by atoms with van der Waals surface area (Å²) in [6, 6.07) is 25.4. The lowest BCUT2D eigenvalue weighted by atomic mass is 9.44. The van der Waals surface area contributed by atoms with Crippen molar-refractivity contribution in [1.29, 1.82) is 0 Å². The molecule has 2 saturated carbocycles. The van der Waals surface area contributed by atoms with Gasteiger partial charge in [-0.1, -0.05) is 92.7 Å². The number of phenolic OH excluding ortho intramolecular Hbond substituents is 2. The number of carbonyl (C=O) groups excluding carboxylic acids is 12. The number of unbranched alkanes of at least 4 members (excludes halogenated alkanes) is 1. The SMILES string of the molecule is COc1cccc2c1C(=O)c1c(O)c3c(c(O)c1C2=O)C[C@@](O)(C(C)=O)C[C@@H]3OC1CC(NC(=O)CCCCC(=O)NCCC(=O)O[C@@H]2C[C@@H]3OC[C@]3(OC(C)=O)C3[C@@H](OC(=O)c4ccccc4)[C@@]4(O)C[C@@H](OC(=O)[C@@H](O)[C@H](NC(=O)c5ccccc5)c5ccccc5)C(C)=C([C@H](OC(C)=O)C(=O)[C@]32C)C4(C)C)C(O)C(C)O1. The van der Waals surface area contributed by atoms with E-state index in [4.69, 9.17) is 42.6 Å². The molecule has 0 radical (unpaired) electrons. The topological polar surface area (TPSA) is 445 Å². The third-order valence-electron chi connectivity index (χ3n) is 23.5. The van der Waals surface area contributed by atoms with Crippen LogP contribution in [0.15, 0.2) is 120 Å². The van der Waals surface area contributed by atoms with E-state index in [9.17, 15) is 83.4 Å². The second-order valence-corrected chi connectivity index (χ2v) is 30.8. The fourth-order valence-corrected chi connectivity index (χ4v) is 17.6.